The van der Waals surface area contributed by atoms with Crippen molar-refractivity contribution in [2.24, 2.45) is 0 Å². The molecule has 2 N–H and O–H groups in total. The average molecular weight is 306 g/mol. The molecule has 1 atom stereocenters. The van der Waals surface area contributed by atoms with E-state index in [1.54, 1.807) is 31.4 Å². The van der Waals surface area contributed by atoms with Crippen molar-refractivity contribution in [2.45, 2.75) is 17.3 Å². The Balaban J connectivity index is 2.38. The summed E-state index contributed by atoms with van der Waals surface area (Å²) in [5.74, 6) is -0.308. The predicted octanol–water partition coefficient (Wildman–Crippen LogP) is 2.01. The largest absolute Gasteiger partial charge is 0.497 e. The Morgan fingerprint density at radius 3 is 2.86 bits per heavy atom. The molecule has 1 unspecified atom stereocenters. The van der Waals surface area contributed by atoms with Crippen molar-refractivity contribution in [3.8, 4) is 17.0 Å². The molecule has 0 saturated heterocycles. The molecule has 0 saturated carbocycles. The van der Waals surface area contributed by atoms with Crippen LogP contribution in [0.25, 0.3) is 11.3 Å². The minimum Gasteiger partial charge on any atom is -0.497 e. The van der Waals surface area contributed by atoms with Crippen LogP contribution in [0.2, 0.25) is 0 Å². The monoisotopic (exact) mass is 306 g/mol. The zero-order chi connectivity index (χ0) is 15.4. The molecule has 1 aromatic heterocycles. The zero-order valence-corrected chi connectivity index (χ0v) is 12.3. The van der Waals surface area contributed by atoms with Crippen LogP contribution in [0.15, 0.2) is 40.3 Å². The highest BCUT2D eigenvalue weighted by atomic mass is 32.2. The number of aromatic amines is 1. The number of benzene rings is 1. The molecule has 0 aliphatic heterocycles. The molecule has 110 valence electrons. The number of nitrogens with zero attached hydrogens (tertiary/aromatic N) is 1. The lowest BCUT2D eigenvalue weighted by Crippen LogP contribution is -2.14. The molecule has 0 bridgehead atoms. The van der Waals surface area contributed by atoms with Crippen LogP contribution in [0.5, 0.6) is 5.75 Å². The molecule has 6 nitrogen and oxygen atoms in total. The van der Waals surface area contributed by atoms with Crippen LogP contribution in [0.4, 0.5) is 0 Å². The number of methoxy groups -OCH3 is 1. The molecule has 7 heteroatoms. The highest BCUT2D eigenvalue weighted by Gasteiger charge is 2.15. The van der Waals surface area contributed by atoms with E-state index in [1.165, 1.54) is 13.0 Å². The van der Waals surface area contributed by atoms with Crippen LogP contribution in [0.1, 0.15) is 6.92 Å². The van der Waals surface area contributed by atoms with Crippen molar-refractivity contribution < 1.29 is 14.6 Å². The van der Waals surface area contributed by atoms with Gasteiger partial charge in [-0.2, -0.15) is 0 Å². The zero-order valence-electron chi connectivity index (χ0n) is 11.5. The normalized spacial score (nSPS) is 11.9. The number of rotatable bonds is 5. The molecule has 0 aliphatic carbocycles. The van der Waals surface area contributed by atoms with Gasteiger partial charge in [0.15, 0.2) is 5.16 Å². The molecule has 0 fully saturated rings. The van der Waals surface area contributed by atoms with Crippen molar-refractivity contribution >= 4 is 17.7 Å². The van der Waals surface area contributed by atoms with E-state index >= 15 is 0 Å². The third-order valence-corrected chi connectivity index (χ3v) is 3.69. The number of carbonyl (C=O) groups is 1. The number of carboxylic acids is 1. The Morgan fingerprint density at radius 1 is 1.43 bits per heavy atom. The van der Waals surface area contributed by atoms with Gasteiger partial charge in [-0.3, -0.25) is 9.59 Å². The second-order valence-corrected chi connectivity index (χ2v) is 5.60. The third kappa shape index (κ3) is 3.85. The maximum atomic E-state index is 11.7. The van der Waals surface area contributed by atoms with Gasteiger partial charge < -0.3 is 14.8 Å². The summed E-state index contributed by atoms with van der Waals surface area (Å²) in [5.41, 5.74) is 0.867. The van der Waals surface area contributed by atoms with Gasteiger partial charge in [0, 0.05) is 11.6 Å². The highest BCUT2D eigenvalue weighted by molar-refractivity contribution is 8.00. The fraction of sp³-hybridized carbons (Fsp3) is 0.214. The van der Waals surface area contributed by atoms with Gasteiger partial charge in [0.2, 0.25) is 0 Å². The van der Waals surface area contributed by atoms with E-state index in [-0.39, 0.29) is 10.7 Å². The lowest BCUT2D eigenvalue weighted by molar-refractivity contribution is -0.136. The van der Waals surface area contributed by atoms with Gasteiger partial charge >= 0.3 is 5.97 Å². The number of thioether (sulfide) groups is 1. The molecule has 0 aliphatic rings. The van der Waals surface area contributed by atoms with Gasteiger partial charge in [-0.1, -0.05) is 23.9 Å². The molecular formula is C14H14N2O4S. The van der Waals surface area contributed by atoms with E-state index in [0.29, 0.717) is 11.4 Å². The van der Waals surface area contributed by atoms with Gasteiger partial charge in [-0.15, -0.1) is 0 Å². The van der Waals surface area contributed by atoms with Crippen LogP contribution < -0.4 is 10.3 Å². The first kappa shape index (κ1) is 15.1. The van der Waals surface area contributed by atoms with Gasteiger partial charge in [-0.25, -0.2) is 4.98 Å². The molecule has 2 aromatic rings. The summed E-state index contributed by atoms with van der Waals surface area (Å²) in [5, 5.41) is 8.48. The Kier molecular flexibility index (Phi) is 4.64. The fourth-order valence-corrected chi connectivity index (χ4v) is 2.39. The van der Waals surface area contributed by atoms with Crippen LogP contribution >= 0.6 is 11.8 Å². The first-order valence-corrected chi connectivity index (χ1v) is 7.03. The highest BCUT2D eigenvalue weighted by Crippen LogP contribution is 2.24. The van der Waals surface area contributed by atoms with E-state index in [2.05, 4.69) is 9.97 Å². The lowest BCUT2D eigenvalue weighted by Gasteiger charge is -2.07. The summed E-state index contributed by atoms with van der Waals surface area (Å²) in [6.07, 6.45) is 0. The van der Waals surface area contributed by atoms with E-state index in [4.69, 9.17) is 9.84 Å². The number of H-pyrrole nitrogens is 1. The quantitative estimate of drug-likeness (QED) is 0.648. The first-order valence-electron chi connectivity index (χ1n) is 6.15. The minimum atomic E-state index is -0.963. The number of hydrogen-bond acceptors (Lipinski definition) is 5. The maximum Gasteiger partial charge on any atom is 0.316 e. The summed E-state index contributed by atoms with van der Waals surface area (Å²) in [6, 6.07) is 8.52. The third-order valence-electron chi connectivity index (χ3n) is 2.72. The van der Waals surface area contributed by atoms with Crippen LogP contribution in [-0.4, -0.2) is 33.4 Å². The van der Waals surface area contributed by atoms with E-state index in [0.717, 1.165) is 17.3 Å². The summed E-state index contributed by atoms with van der Waals surface area (Å²) < 4.78 is 5.14. The minimum absolute atomic E-state index is 0.273. The number of carboxylic acid groups (broad SMARTS) is 1. The molecule has 0 radical (unpaired) electrons. The molecule has 2 rings (SSSR count). The molecular weight excluding hydrogens is 292 g/mol. The summed E-state index contributed by atoms with van der Waals surface area (Å²) >= 11 is 0.987. The molecule has 1 aromatic carbocycles. The standard InChI is InChI=1S/C14H14N2O4S/c1-8(13(18)19)21-14-15-11(7-12(17)16-14)9-4-3-5-10(6-9)20-2/h3-8H,1-2H3,(H,18,19)(H,15,16,17). The number of hydrogen-bond donors (Lipinski definition) is 2. The first-order chi connectivity index (χ1) is 9.99. The van der Waals surface area contributed by atoms with Crippen molar-refractivity contribution in [1.82, 2.24) is 9.97 Å². The van der Waals surface area contributed by atoms with Crippen molar-refractivity contribution in [1.29, 1.82) is 0 Å². The fourth-order valence-electron chi connectivity index (χ4n) is 1.64. The Bertz CT molecular complexity index is 714. The Morgan fingerprint density at radius 2 is 2.19 bits per heavy atom. The van der Waals surface area contributed by atoms with Crippen molar-refractivity contribution in [3.05, 3.63) is 40.7 Å². The number of ether oxygens (including phenoxy) is 1. The Labute approximate surface area is 125 Å². The Hall–Kier alpha value is -2.28. The van der Waals surface area contributed by atoms with Crippen LogP contribution in [0.3, 0.4) is 0 Å². The van der Waals surface area contributed by atoms with Crippen LogP contribution in [-0.2, 0) is 4.79 Å². The van der Waals surface area contributed by atoms with E-state index in [1.807, 2.05) is 0 Å². The molecule has 0 amide bonds. The second-order valence-electron chi connectivity index (χ2n) is 4.27. The van der Waals surface area contributed by atoms with E-state index < -0.39 is 11.2 Å². The number of nitrogens with one attached hydrogen (secondary N) is 1. The summed E-state index contributed by atoms with van der Waals surface area (Å²) in [7, 11) is 1.56. The van der Waals surface area contributed by atoms with Gasteiger partial charge in [0.1, 0.15) is 11.0 Å². The topological polar surface area (TPSA) is 92.3 Å². The van der Waals surface area contributed by atoms with Crippen molar-refractivity contribution in [2.75, 3.05) is 7.11 Å². The SMILES string of the molecule is COc1cccc(-c2cc(=O)[nH]c(SC(C)C(=O)O)n2)c1. The molecule has 21 heavy (non-hydrogen) atoms. The predicted molar refractivity (Wildman–Crippen MR) is 79.8 cm³/mol. The lowest BCUT2D eigenvalue weighted by atomic mass is 10.1. The van der Waals surface area contributed by atoms with Crippen LogP contribution in [0, 0.1) is 0 Å². The summed E-state index contributed by atoms with van der Waals surface area (Å²) in [6.45, 7) is 1.53. The van der Waals surface area contributed by atoms with E-state index in [9.17, 15) is 9.59 Å². The summed E-state index contributed by atoms with van der Waals surface area (Å²) in [4.78, 5) is 29.4. The smallest absolute Gasteiger partial charge is 0.316 e. The van der Waals surface area contributed by atoms with Gasteiger partial charge in [-0.05, 0) is 19.1 Å². The van der Waals surface area contributed by atoms with Gasteiger partial charge in [0.05, 0.1) is 12.8 Å². The number of aliphatic carboxylic acids is 1. The van der Waals surface area contributed by atoms with Crippen molar-refractivity contribution in [3.63, 3.8) is 0 Å². The average Bonchev–Trinajstić information content (AvgIpc) is 2.46. The second kappa shape index (κ2) is 6.45. The molecule has 1 heterocycles. The maximum absolute atomic E-state index is 11.7. The molecule has 0 spiro atoms. The number of aromatic nitrogens is 2. The van der Waals surface area contributed by atoms with Gasteiger partial charge in [0.25, 0.3) is 5.56 Å².